The Balaban J connectivity index is 0.000000183. The minimum atomic E-state index is -2.72. The van der Waals surface area contributed by atoms with Gasteiger partial charge in [-0.1, -0.05) is 76.5 Å². The molecule has 0 spiro atoms. The van der Waals surface area contributed by atoms with Gasteiger partial charge in [0.25, 0.3) is 0 Å². The van der Waals surface area contributed by atoms with Crippen LogP contribution in [-0.2, 0) is 14.2 Å². The van der Waals surface area contributed by atoms with E-state index < -0.39 is 25.7 Å². The molecule has 22 nitrogen and oxygen atoms in total. The number of anilines is 2. The van der Waals surface area contributed by atoms with Crippen molar-refractivity contribution in [1.82, 2.24) is 83.8 Å². The van der Waals surface area contributed by atoms with Crippen molar-refractivity contribution in [2.75, 3.05) is 107 Å². The number of thioether (sulfide) groups is 3. The summed E-state index contributed by atoms with van der Waals surface area (Å²) < 4.78 is 125. The molecule has 12 aromatic rings. The number of imidazole rings is 4. The first-order valence-electron chi connectivity index (χ1n) is 33.5. The van der Waals surface area contributed by atoms with Crippen molar-refractivity contribution in [3.05, 3.63) is 68.8 Å². The summed E-state index contributed by atoms with van der Waals surface area (Å²) in [6, 6.07) is 6.42. The summed E-state index contributed by atoms with van der Waals surface area (Å²) in [5.74, 6) is 1.77. The number of rotatable bonds is 12. The van der Waals surface area contributed by atoms with Gasteiger partial charge in [-0.05, 0) is 6.26 Å². The molecule has 0 radical (unpaired) electrons. The topological polar surface area (TPSA) is 231 Å². The van der Waals surface area contributed by atoms with E-state index in [1.807, 2.05) is 54.1 Å². The first kappa shape index (κ1) is 88.2. The molecular formula is C54H64B16Cl3F8N19O3S3. The number of hydrogen-bond acceptors (Lipinski definition) is 21. The number of halogens is 11. The van der Waals surface area contributed by atoms with E-state index in [1.165, 1.54) is 61.1 Å². The predicted molar refractivity (Wildman–Crippen MR) is 428 cm³/mol. The number of alkyl halides is 8. The zero-order valence-corrected chi connectivity index (χ0v) is 64.3. The van der Waals surface area contributed by atoms with Crippen molar-refractivity contribution in [2.45, 2.75) is 89.6 Å². The molecule has 3 aliphatic heterocycles. The molecule has 0 bridgehead atoms. The van der Waals surface area contributed by atoms with Crippen molar-refractivity contribution >= 4 is 233 Å². The van der Waals surface area contributed by atoms with Crippen molar-refractivity contribution in [3.8, 4) is 17.5 Å². The molecule has 3 saturated heterocycles. The normalized spacial score (nSPS) is 12.7. The Morgan fingerprint density at radius 1 is 0.387 bits per heavy atom. The maximum absolute atomic E-state index is 13.6. The monoisotopic (exact) mass is 1560 g/mol. The fourth-order valence-electron chi connectivity index (χ4n) is 10.1. The third-order valence-corrected chi connectivity index (χ3v) is 16.7. The number of nitrogens with zero attached hydrogens (tertiary/aromatic N) is 17. The number of morpholine rings is 3. The molecular weight excluding hydrogens is 1490 g/mol. The van der Waals surface area contributed by atoms with Crippen molar-refractivity contribution in [2.24, 2.45) is 0 Å². The van der Waals surface area contributed by atoms with Crippen LogP contribution >= 0.6 is 70.1 Å². The van der Waals surface area contributed by atoms with Gasteiger partial charge in [-0.15, -0.1) is 0 Å². The van der Waals surface area contributed by atoms with Crippen LogP contribution in [0.4, 0.5) is 46.8 Å². The van der Waals surface area contributed by atoms with E-state index in [9.17, 15) is 35.1 Å². The number of nitrogens with one attached hydrogen (secondary N) is 2. The quantitative estimate of drug-likeness (QED) is 0.0524. The van der Waals surface area contributed by atoms with Gasteiger partial charge in [-0.2, -0.15) is 0 Å². The van der Waals surface area contributed by atoms with E-state index in [-0.39, 0.29) is 34.3 Å². The van der Waals surface area contributed by atoms with Gasteiger partial charge in [0.2, 0.25) is 0 Å². The van der Waals surface area contributed by atoms with Gasteiger partial charge in [-0.25, -0.2) is 9.97 Å². The van der Waals surface area contributed by atoms with E-state index in [2.05, 4.69) is 79.9 Å². The van der Waals surface area contributed by atoms with Crippen LogP contribution in [0.2, 0.25) is 15.5 Å². The SMILES string of the molecule is C1COCCN1.CC.CC.CC.CSc1nc(Cl)cc(-n2c(C(F)F)nc3bbbbc32)n1.CSc1nc(Cl)cc(Cl)n1.CSc1nc(N2CCOCC2)cc(-n2c(C(F)F)nc3bbbbc32)n1.Cc1nc(N2CCOCC2)cc(-n2c(C(F)F)nc3bbbbc32)n1.FC(F)c1nc2bbbbc2[nH]1. The fraction of sp³-hybridized carbons (Fsp3) is 0.481. The molecule has 0 aliphatic carbocycles. The Hall–Kier alpha value is -5.00. The van der Waals surface area contributed by atoms with E-state index in [1.54, 1.807) is 133 Å². The summed E-state index contributed by atoms with van der Waals surface area (Å²) in [6.45, 7) is 50.9. The molecule has 15 heterocycles. The molecule has 12 aromatic heterocycles. The molecule has 3 fully saturated rings. The predicted octanol–water partition coefficient (Wildman–Crippen LogP) is 7.44. The van der Waals surface area contributed by atoms with Crippen LogP contribution in [0.25, 0.3) is 60.7 Å². The number of ether oxygens (including phenoxy) is 3. The summed E-state index contributed by atoms with van der Waals surface area (Å²) in [7, 11) is 0. The summed E-state index contributed by atoms with van der Waals surface area (Å²) >= 11 is 21.2. The molecule has 15 rings (SSSR count). The Kier molecular flexibility index (Phi) is 38.3. The molecule has 106 heavy (non-hydrogen) atoms. The van der Waals surface area contributed by atoms with Gasteiger partial charge in [0, 0.05) is 19.2 Å². The van der Waals surface area contributed by atoms with E-state index in [0.717, 1.165) is 26.3 Å². The minimum absolute atomic E-state index is 0.197. The third kappa shape index (κ3) is 25.0. The maximum atomic E-state index is 13.6. The van der Waals surface area contributed by atoms with Crippen LogP contribution in [0.1, 0.15) is 96.4 Å². The van der Waals surface area contributed by atoms with Gasteiger partial charge < -0.3 is 10.1 Å². The van der Waals surface area contributed by atoms with E-state index in [0.29, 0.717) is 151 Å². The van der Waals surface area contributed by atoms with Crippen molar-refractivity contribution < 1.29 is 49.3 Å². The van der Waals surface area contributed by atoms with Crippen LogP contribution in [0.3, 0.4) is 0 Å². The number of aromatic nitrogens is 16. The standard InChI is InChI=1S/C13H13B4F2N5OS.C13H13B4F2N5O.C9H5B4ClF2N4S.C5H4Cl2N2S.C4H2B4F2N2.C4H9NO.3C2H6/c1-26-13-20-7(23-2-4-25-5-3-23)6-8(21-13)24-10-9(14-16-17-15-10)22-12(24)11(18)19;1-7-20-8(23-2-4-25-5-3-23)6-9(21-7)24-11-10(14-16-17-15-11)22-13(24)12(18)19;1-21-9-17-3(14)2-4(18-9)20-6-5(10-12-13-11-6)19-8(20)7(15)16;1-10-5-8-3(6)2-4(7)9-5;9-3(10)4-11-1-2(12-4)6-8-7-5-1;1-3-6-4-2-5-1;3*1-2/h6,11H,2-5H2,1H3;6,12H,2-5H2,1H3;2,7H,1H3;2H,1H3;3H,(H,11,12);5H,1-4H2;3*1-2H3. The van der Waals surface area contributed by atoms with Crippen LogP contribution in [-0.4, -0.2) is 284 Å². The van der Waals surface area contributed by atoms with Gasteiger partial charge in [-0.3, -0.25) is 0 Å². The molecule has 0 amide bonds. The average Bonchev–Trinajstić information content (AvgIpc) is 1.62. The first-order chi connectivity index (χ1) is 51.4. The van der Waals surface area contributed by atoms with Gasteiger partial charge in [0.05, 0.1) is 13.2 Å². The average molecular weight is 1550 g/mol. The summed E-state index contributed by atoms with van der Waals surface area (Å²) in [5.41, 5.74) is 4.48. The number of fused-ring (bicyclic) bond motifs is 4. The zero-order chi connectivity index (χ0) is 76.8. The van der Waals surface area contributed by atoms with Gasteiger partial charge in [0.15, 0.2) is 5.16 Å². The molecule has 2 N–H and O–H groups in total. The number of aryl methyl sites for hydroxylation is 1. The first-order valence-corrected chi connectivity index (χ1v) is 38.3. The second-order valence-electron chi connectivity index (χ2n) is 21.0. The number of aromatic amines is 1. The molecule has 0 atom stereocenters. The molecule has 52 heteroatoms. The molecule has 3 aliphatic rings. The molecule has 0 aromatic carbocycles. The summed E-state index contributed by atoms with van der Waals surface area (Å²) in [5, 5.41) is 5.65. The Morgan fingerprint density at radius 3 is 1.09 bits per heavy atom. The van der Waals surface area contributed by atoms with Gasteiger partial charge >= 0.3 is 499 Å². The Labute approximate surface area is 645 Å². The molecule has 536 valence electrons. The van der Waals surface area contributed by atoms with E-state index in [4.69, 9.17) is 49.0 Å². The fourth-order valence-corrected chi connectivity index (χ4v) is 12.0. The number of H-pyrrole nitrogens is 1. The zero-order valence-electron chi connectivity index (χ0n) is 59.6. The Morgan fingerprint density at radius 2 is 0.717 bits per heavy atom. The van der Waals surface area contributed by atoms with Gasteiger partial charge in [0.1, 0.15) is 10.3 Å². The second kappa shape index (κ2) is 46.0. The van der Waals surface area contributed by atoms with E-state index >= 15 is 0 Å². The third-order valence-electron chi connectivity index (χ3n) is 14.5. The molecule has 0 saturated carbocycles. The van der Waals surface area contributed by atoms with Crippen LogP contribution in [0.5, 0.6) is 0 Å². The molecule has 0 unspecified atom stereocenters. The summed E-state index contributed by atoms with van der Waals surface area (Å²) in [6.07, 6.45) is -5.14. The van der Waals surface area contributed by atoms with Crippen LogP contribution in [0.15, 0.2) is 39.7 Å². The number of hydrogen-bond donors (Lipinski definition) is 2. The summed E-state index contributed by atoms with van der Waals surface area (Å²) in [4.78, 5) is 56.4. The van der Waals surface area contributed by atoms with Crippen LogP contribution < -0.4 is 15.1 Å². The van der Waals surface area contributed by atoms with Crippen molar-refractivity contribution in [3.63, 3.8) is 0 Å². The van der Waals surface area contributed by atoms with Crippen molar-refractivity contribution in [1.29, 1.82) is 0 Å². The van der Waals surface area contributed by atoms with Crippen LogP contribution in [0, 0.1) is 6.92 Å². The second-order valence-corrected chi connectivity index (χ2v) is 24.5. The Bertz CT molecular complexity index is 4660.